The summed E-state index contributed by atoms with van der Waals surface area (Å²) < 4.78 is 11.6. The van der Waals surface area contributed by atoms with E-state index in [1.165, 1.54) is 11.3 Å². The van der Waals surface area contributed by atoms with Crippen LogP contribution in [-0.4, -0.2) is 49.1 Å². The zero-order chi connectivity index (χ0) is 18.1. The number of nitrogens with one attached hydrogen (secondary N) is 1. The number of benzene rings is 1. The molecule has 6 nitrogen and oxygen atoms in total. The number of amides is 2. The van der Waals surface area contributed by atoms with Crippen LogP contribution in [0.15, 0.2) is 35.7 Å². The van der Waals surface area contributed by atoms with Gasteiger partial charge in [0.25, 0.3) is 11.8 Å². The zero-order valence-electron chi connectivity index (χ0n) is 14.5. The number of fused-ring (bicyclic) bond motifs is 1. The Morgan fingerprint density at radius 3 is 3.04 bits per heavy atom. The lowest BCUT2D eigenvalue weighted by Gasteiger charge is -2.42. The summed E-state index contributed by atoms with van der Waals surface area (Å²) in [5, 5.41) is 4.85. The third-order valence-corrected chi connectivity index (χ3v) is 5.75. The Morgan fingerprint density at radius 1 is 1.38 bits per heavy atom. The van der Waals surface area contributed by atoms with Crippen LogP contribution in [0.25, 0.3) is 0 Å². The highest BCUT2D eigenvalue weighted by atomic mass is 32.1. The number of ether oxygens (including phenoxy) is 2. The molecule has 0 radical (unpaired) electrons. The Bertz CT molecular complexity index is 836. The van der Waals surface area contributed by atoms with E-state index in [4.69, 9.17) is 9.47 Å². The van der Waals surface area contributed by atoms with Crippen molar-refractivity contribution >= 4 is 23.2 Å². The molecule has 3 heterocycles. The van der Waals surface area contributed by atoms with E-state index >= 15 is 0 Å². The first-order chi connectivity index (χ1) is 12.6. The van der Waals surface area contributed by atoms with Crippen LogP contribution in [0, 0.1) is 0 Å². The summed E-state index contributed by atoms with van der Waals surface area (Å²) in [5.41, 5.74) is -0.136. The van der Waals surface area contributed by atoms with Gasteiger partial charge in [-0.25, -0.2) is 0 Å². The van der Waals surface area contributed by atoms with Gasteiger partial charge in [0.2, 0.25) is 0 Å². The lowest BCUT2D eigenvalue weighted by Crippen LogP contribution is -2.57. The first kappa shape index (κ1) is 16.9. The Balaban J connectivity index is 1.62. The maximum absolute atomic E-state index is 12.8. The molecule has 0 bridgehead atoms. The van der Waals surface area contributed by atoms with Gasteiger partial charge in [-0.1, -0.05) is 6.07 Å². The summed E-state index contributed by atoms with van der Waals surface area (Å²) in [6, 6.07) is 8.90. The number of piperidine rings is 1. The first-order valence-electron chi connectivity index (χ1n) is 8.58. The highest BCUT2D eigenvalue weighted by molar-refractivity contribution is 7.12. The number of rotatable bonds is 2. The maximum Gasteiger partial charge on any atom is 0.264 e. The topological polar surface area (TPSA) is 67.9 Å². The minimum Gasteiger partial charge on any atom is -0.497 e. The Labute approximate surface area is 155 Å². The van der Waals surface area contributed by atoms with Crippen molar-refractivity contribution in [3.8, 4) is 11.5 Å². The van der Waals surface area contributed by atoms with Crippen LogP contribution in [-0.2, 0) is 0 Å². The maximum atomic E-state index is 12.8. The number of methoxy groups -OCH3 is 1. The van der Waals surface area contributed by atoms with Crippen LogP contribution >= 0.6 is 11.3 Å². The van der Waals surface area contributed by atoms with Crippen LogP contribution in [0.5, 0.6) is 11.5 Å². The Hall–Kier alpha value is -2.54. The van der Waals surface area contributed by atoms with Crippen LogP contribution < -0.4 is 14.8 Å². The smallest absolute Gasteiger partial charge is 0.264 e. The molecular formula is C19H20N2O4S. The van der Waals surface area contributed by atoms with E-state index in [1.807, 2.05) is 22.4 Å². The van der Waals surface area contributed by atoms with Gasteiger partial charge < -0.3 is 19.7 Å². The van der Waals surface area contributed by atoms with Crippen LogP contribution in [0.1, 0.15) is 32.9 Å². The predicted molar refractivity (Wildman–Crippen MR) is 98.1 cm³/mol. The summed E-state index contributed by atoms with van der Waals surface area (Å²) in [5.74, 6) is 0.992. The second-order valence-corrected chi connectivity index (χ2v) is 7.59. The normalized spacial score (nSPS) is 22.2. The number of carbonyl (C=O) groups excluding carboxylic acids is 2. The summed E-state index contributed by atoms with van der Waals surface area (Å²) >= 11 is 1.44. The molecule has 1 aromatic carbocycles. The molecule has 26 heavy (non-hydrogen) atoms. The van der Waals surface area contributed by atoms with Gasteiger partial charge in [0, 0.05) is 12.6 Å². The standard InChI is InChI=1S/C19H20N2O4S/c1-24-13-5-6-14-15(10-13)25-19(11-20-17(14)22)7-3-8-21(12-19)18(23)16-4-2-9-26-16/h2,4-6,9-10H,3,7-8,11-12H2,1H3,(H,20,22)/t19-/m1/s1. The highest BCUT2D eigenvalue weighted by Gasteiger charge is 2.42. The van der Waals surface area contributed by atoms with Crippen molar-refractivity contribution in [3.05, 3.63) is 46.2 Å². The van der Waals surface area contributed by atoms with Gasteiger partial charge in [0.15, 0.2) is 0 Å². The molecule has 1 saturated heterocycles. The second-order valence-electron chi connectivity index (χ2n) is 6.64. The van der Waals surface area contributed by atoms with E-state index in [9.17, 15) is 9.59 Å². The minimum atomic E-state index is -0.627. The molecule has 1 N–H and O–H groups in total. The minimum absolute atomic E-state index is 0.0177. The summed E-state index contributed by atoms with van der Waals surface area (Å²) in [6.45, 7) is 1.51. The molecule has 136 valence electrons. The van der Waals surface area contributed by atoms with Crippen molar-refractivity contribution in [2.45, 2.75) is 18.4 Å². The van der Waals surface area contributed by atoms with E-state index in [1.54, 1.807) is 25.3 Å². The average molecular weight is 372 g/mol. The summed E-state index contributed by atoms with van der Waals surface area (Å²) in [6.07, 6.45) is 1.60. The molecule has 2 aromatic rings. The second kappa shape index (κ2) is 6.64. The van der Waals surface area contributed by atoms with Crippen LogP contribution in [0.4, 0.5) is 0 Å². The Morgan fingerprint density at radius 2 is 2.27 bits per heavy atom. The van der Waals surface area contributed by atoms with Crippen LogP contribution in [0.2, 0.25) is 0 Å². The van der Waals surface area contributed by atoms with Gasteiger partial charge >= 0.3 is 0 Å². The van der Waals surface area contributed by atoms with Gasteiger partial charge in [-0.05, 0) is 36.4 Å². The van der Waals surface area contributed by atoms with Gasteiger partial charge in [-0.15, -0.1) is 11.3 Å². The van der Waals surface area contributed by atoms with Gasteiger partial charge in [0.05, 0.1) is 30.6 Å². The van der Waals surface area contributed by atoms with Crippen molar-refractivity contribution < 1.29 is 19.1 Å². The predicted octanol–water partition coefficient (Wildman–Crippen LogP) is 2.55. The molecule has 2 aliphatic heterocycles. The van der Waals surface area contributed by atoms with Gasteiger partial charge in [0.1, 0.15) is 17.1 Å². The van der Waals surface area contributed by atoms with Crippen LogP contribution in [0.3, 0.4) is 0 Å². The zero-order valence-corrected chi connectivity index (χ0v) is 15.3. The number of hydrogen-bond donors (Lipinski definition) is 1. The third-order valence-electron chi connectivity index (χ3n) is 4.89. The first-order valence-corrected chi connectivity index (χ1v) is 9.46. The quantitative estimate of drug-likeness (QED) is 0.880. The number of nitrogens with zero attached hydrogens (tertiary/aromatic N) is 1. The van der Waals surface area contributed by atoms with Gasteiger partial charge in [-0.3, -0.25) is 9.59 Å². The molecule has 4 rings (SSSR count). The molecule has 1 fully saturated rings. The fraction of sp³-hybridized carbons (Fsp3) is 0.368. The average Bonchev–Trinajstić information content (AvgIpc) is 3.16. The molecule has 1 spiro atoms. The van der Waals surface area contributed by atoms with Crippen molar-refractivity contribution in [1.82, 2.24) is 10.2 Å². The van der Waals surface area contributed by atoms with E-state index in [0.717, 1.165) is 17.7 Å². The number of thiophene rings is 1. The van der Waals surface area contributed by atoms with E-state index in [-0.39, 0.29) is 11.8 Å². The van der Waals surface area contributed by atoms with E-state index < -0.39 is 5.60 Å². The molecule has 2 aliphatic rings. The molecule has 7 heteroatoms. The van der Waals surface area contributed by atoms with E-state index in [2.05, 4.69) is 5.32 Å². The van der Waals surface area contributed by atoms with Gasteiger partial charge in [-0.2, -0.15) is 0 Å². The molecular weight excluding hydrogens is 352 g/mol. The largest absolute Gasteiger partial charge is 0.497 e. The summed E-state index contributed by atoms with van der Waals surface area (Å²) in [7, 11) is 1.58. The van der Waals surface area contributed by atoms with E-state index in [0.29, 0.717) is 36.7 Å². The monoisotopic (exact) mass is 372 g/mol. The van der Waals surface area contributed by atoms with Crippen molar-refractivity contribution in [1.29, 1.82) is 0 Å². The van der Waals surface area contributed by atoms with Crippen molar-refractivity contribution in [2.24, 2.45) is 0 Å². The number of carbonyl (C=O) groups is 2. The number of hydrogen-bond acceptors (Lipinski definition) is 5. The fourth-order valence-corrected chi connectivity index (χ4v) is 4.25. The lowest BCUT2D eigenvalue weighted by molar-refractivity contribution is -0.000764. The molecule has 1 aromatic heterocycles. The molecule has 0 aliphatic carbocycles. The number of likely N-dealkylation sites (tertiary alicyclic amines) is 1. The molecule has 2 amide bonds. The SMILES string of the molecule is COc1ccc2c(c1)O[C@]1(CCCN(C(=O)c3cccs3)C1)CNC2=O. The van der Waals surface area contributed by atoms with Crippen molar-refractivity contribution in [3.63, 3.8) is 0 Å². The molecule has 1 atom stereocenters. The highest BCUT2D eigenvalue weighted by Crippen LogP contribution is 2.34. The Kier molecular flexibility index (Phi) is 4.32. The lowest BCUT2D eigenvalue weighted by atomic mass is 9.92. The van der Waals surface area contributed by atoms with Crippen molar-refractivity contribution in [2.75, 3.05) is 26.7 Å². The summed E-state index contributed by atoms with van der Waals surface area (Å²) in [4.78, 5) is 27.7. The molecule has 0 saturated carbocycles. The third kappa shape index (κ3) is 3.03. The molecule has 0 unspecified atom stereocenters. The fourth-order valence-electron chi connectivity index (χ4n) is 3.56.